The van der Waals surface area contributed by atoms with Crippen LogP contribution in [0.3, 0.4) is 0 Å². The SMILES string of the molecule is CCCCCCc1cccc(OC(C)C(C)S(=O)(=O)[O-])c1CCCCCC.[Na+]. The number of hydrogen-bond acceptors (Lipinski definition) is 4. The van der Waals surface area contributed by atoms with Gasteiger partial charge in [-0.15, -0.1) is 0 Å². The molecule has 1 rings (SSSR count). The van der Waals surface area contributed by atoms with Gasteiger partial charge >= 0.3 is 29.6 Å². The monoisotopic (exact) mass is 420 g/mol. The molecule has 0 fully saturated rings. The van der Waals surface area contributed by atoms with Crippen LogP contribution >= 0.6 is 0 Å². The normalized spacial score (nSPS) is 13.6. The van der Waals surface area contributed by atoms with Gasteiger partial charge in [-0.05, 0) is 56.7 Å². The van der Waals surface area contributed by atoms with Crippen LogP contribution in [0.1, 0.15) is 90.2 Å². The summed E-state index contributed by atoms with van der Waals surface area (Å²) in [5.74, 6) is 0.738. The van der Waals surface area contributed by atoms with E-state index in [0.717, 1.165) is 31.4 Å². The summed E-state index contributed by atoms with van der Waals surface area (Å²) in [5.41, 5.74) is 2.48. The second-order valence-electron chi connectivity index (χ2n) is 7.54. The maximum atomic E-state index is 11.3. The molecule has 0 aliphatic heterocycles. The molecule has 0 spiro atoms. The van der Waals surface area contributed by atoms with Crippen LogP contribution in [0.2, 0.25) is 0 Å². The van der Waals surface area contributed by atoms with Crippen molar-refractivity contribution in [1.82, 2.24) is 0 Å². The summed E-state index contributed by atoms with van der Waals surface area (Å²) in [6.07, 6.45) is 10.8. The first kappa shape index (κ1) is 27.9. The first-order valence-corrected chi connectivity index (χ1v) is 12.0. The van der Waals surface area contributed by atoms with Crippen molar-refractivity contribution in [2.45, 2.75) is 103 Å². The van der Waals surface area contributed by atoms with E-state index in [9.17, 15) is 13.0 Å². The largest absolute Gasteiger partial charge is 1.00 e. The van der Waals surface area contributed by atoms with Crippen molar-refractivity contribution in [1.29, 1.82) is 0 Å². The van der Waals surface area contributed by atoms with Gasteiger partial charge in [-0.3, -0.25) is 0 Å². The Hall–Kier alpha value is -0.0700. The molecule has 0 aliphatic rings. The Labute approximate surface area is 194 Å². The van der Waals surface area contributed by atoms with Gasteiger partial charge in [0.2, 0.25) is 0 Å². The second kappa shape index (κ2) is 14.8. The van der Waals surface area contributed by atoms with Gasteiger partial charge in [-0.25, -0.2) is 8.42 Å². The van der Waals surface area contributed by atoms with Gasteiger partial charge in [0.1, 0.15) is 22.0 Å². The van der Waals surface area contributed by atoms with Gasteiger partial charge < -0.3 is 9.29 Å². The molecule has 2 unspecified atom stereocenters. The van der Waals surface area contributed by atoms with Crippen LogP contribution in [0.4, 0.5) is 0 Å². The smallest absolute Gasteiger partial charge is 0.748 e. The van der Waals surface area contributed by atoms with Crippen LogP contribution in [0.5, 0.6) is 5.75 Å². The molecule has 0 bridgehead atoms. The van der Waals surface area contributed by atoms with E-state index >= 15 is 0 Å². The van der Waals surface area contributed by atoms with E-state index in [4.69, 9.17) is 4.74 Å². The average molecular weight is 421 g/mol. The molecule has 0 saturated heterocycles. The van der Waals surface area contributed by atoms with E-state index in [1.54, 1.807) is 6.92 Å². The Morgan fingerprint density at radius 3 is 2.04 bits per heavy atom. The van der Waals surface area contributed by atoms with E-state index in [1.807, 2.05) is 12.1 Å². The number of unbranched alkanes of at least 4 members (excludes halogenated alkanes) is 6. The van der Waals surface area contributed by atoms with Crippen molar-refractivity contribution in [3.05, 3.63) is 29.3 Å². The maximum absolute atomic E-state index is 11.3. The third kappa shape index (κ3) is 10.1. The topological polar surface area (TPSA) is 66.4 Å². The van der Waals surface area contributed by atoms with Gasteiger partial charge in [0.15, 0.2) is 0 Å². The standard InChI is InChI=1S/C22H38O4S.Na/c1-5-7-9-11-14-20-15-13-17-22(21(20)16-12-10-8-6-2)26-18(3)19(4)27(23,24)25;/h13,15,17-19H,5-12,14,16H2,1-4H3,(H,23,24,25);/q;+1/p-1. The van der Waals surface area contributed by atoms with Crippen molar-refractivity contribution in [3.63, 3.8) is 0 Å². The van der Waals surface area contributed by atoms with Crippen molar-refractivity contribution < 1.29 is 47.3 Å². The number of hydrogen-bond donors (Lipinski definition) is 0. The maximum Gasteiger partial charge on any atom is 1.00 e. The van der Waals surface area contributed by atoms with E-state index in [0.29, 0.717) is 0 Å². The zero-order valence-electron chi connectivity index (χ0n) is 18.5. The minimum atomic E-state index is -4.36. The molecular weight excluding hydrogens is 383 g/mol. The van der Waals surface area contributed by atoms with Crippen LogP contribution < -0.4 is 34.3 Å². The minimum absolute atomic E-state index is 0. The number of rotatable bonds is 14. The molecule has 4 nitrogen and oxygen atoms in total. The molecule has 156 valence electrons. The van der Waals surface area contributed by atoms with Gasteiger partial charge in [0, 0.05) is 0 Å². The molecule has 1 aromatic rings. The van der Waals surface area contributed by atoms with E-state index in [1.165, 1.54) is 56.6 Å². The molecule has 0 amide bonds. The van der Waals surface area contributed by atoms with Gasteiger partial charge in [0.05, 0.1) is 5.25 Å². The number of aryl methyl sites for hydroxylation is 1. The summed E-state index contributed by atoms with van der Waals surface area (Å²) in [5, 5.41) is -1.07. The summed E-state index contributed by atoms with van der Waals surface area (Å²) < 4.78 is 40.0. The molecule has 0 aromatic heterocycles. The zero-order valence-corrected chi connectivity index (χ0v) is 21.3. The number of ether oxygens (including phenoxy) is 1. The molecule has 1 aromatic carbocycles. The van der Waals surface area contributed by atoms with Gasteiger partial charge in [-0.1, -0.05) is 64.5 Å². The molecule has 0 saturated carbocycles. The minimum Gasteiger partial charge on any atom is -0.748 e. The Morgan fingerprint density at radius 1 is 0.929 bits per heavy atom. The summed E-state index contributed by atoms with van der Waals surface area (Å²) in [6.45, 7) is 7.49. The van der Waals surface area contributed by atoms with E-state index < -0.39 is 21.5 Å². The fraction of sp³-hybridized carbons (Fsp3) is 0.727. The fourth-order valence-electron chi connectivity index (χ4n) is 3.24. The van der Waals surface area contributed by atoms with Crippen molar-refractivity contribution in [3.8, 4) is 5.75 Å². The Kier molecular flexibility index (Phi) is 14.8. The summed E-state index contributed by atoms with van der Waals surface area (Å²) in [7, 11) is -4.36. The van der Waals surface area contributed by atoms with Crippen molar-refractivity contribution in [2.75, 3.05) is 0 Å². The first-order chi connectivity index (χ1) is 12.8. The van der Waals surface area contributed by atoms with E-state index in [2.05, 4.69) is 19.9 Å². The van der Waals surface area contributed by atoms with Crippen molar-refractivity contribution >= 4 is 10.1 Å². The van der Waals surface area contributed by atoms with Crippen LogP contribution in [0.15, 0.2) is 18.2 Å². The van der Waals surface area contributed by atoms with Crippen molar-refractivity contribution in [2.24, 2.45) is 0 Å². The first-order valence-electron chi connectivity index (χ1n) is 10.5. The van der Waals surface area contributed by atoms with Crippen LogP contribution in [-0.2, 0) is 23.0 Å². The molecule has 0 radical (unpaired) electrons. The van der Waals surface area contributed by atoms with E-state index in [-0.39, 0.29) is 29.6 Å². The molecule has 6 heteroatoms. The van der Waals surface area contributed by atoms with Gasteiger partial charge in [-0.2, -0.15) is 0 Å². The molecular formula is C22H37NaO4S. The molecule has 0 aliphatic carbocycles. The third-order valence-corrected chi connectivity index (χ3v) is 6.53. The van der Waals surface area contributed by atoms with Gasteiger partial charge in [0.25, 0.3) is 0 Å². The fourth-order valence-corrected chi connectivity index (χ4v) is 3.77. The second-order valence-corrected chi connectivity index (χ2v) is 9.27. The molecule has 2 atom stereocenters. The molecule has 0 N–H and O–H groups in total. The number of benzene rings is 1. The van der Waals surface area contributed by atoms with Crippen LogP contribution in [0.25, 0.3) is 0 Å². The third-order valence-electron chi connectivity index (χ3n) is 5.24. The molecule has 28 heavy (non-hydrogen) atoms. The summed E-state index contributed by atoms with van der Waals surface area (Å²) in [4.78, 5) is 0. The Balaban J connectivity index is 0.00000729. The Morgan fingerprint density at radius 2 is 1.50 bits per heavy atom. The van der Waals surface area contributed by atoms with Crippen LogP contribution in [0, 0.1) is 0 Å². The average Bonchev–Trinajstić information content (AvgIpc) is 2.62. The zero-order chi connectivity index (χ0) is 20.3. The summed E-state index contributed by atoms with van der Waals surface area (Å²) >= 11 is 0. The summed E-state index contributed by atoms with van der Waals surface area (Å²) in [6, 6.07) is 6.04. The quantitative estimate of drug-likeness (QED) is 0.264. The predicted octanol–water partition coefficient (Wildman–Crippen LogP) is 2.64. The Bertz CT molecular complexity index is 646. The van der Waals surface area contributed by atoms with Crippen LogP contribution in [-0.4, -0.2) is 24.3 Å². The predicted molar refractivity (Wildman–Crippen MR) is 111 cm³/mol. The molecule has 0 heterocycles.